The van der Waals surface area contributed by atoms with E-state index in [0.29, 0.717) is 19.8 Å². The van der Waals surface area contributed by atoms with E-state index in [9.17, 15) is 4.79 Å². The van der Waals surface area contributed by atoms with Gasteiger partial charge in [0.1, 0.15) is 0 Å². The lowest BCUT2D eigenvalue weighted by Crippen LogP contribution is -2.26. The van der Waals surface area contributed by atoms with Crippen LogP contribution >= 0.6 is 0 Å². The predicted molar refractivity (Wildman–Crippen MR) is 70.8 cm³/mol. The molecule has 0 heterocycles. The molecule has 100 valence electrons. The van der Waals surface area contributed by atoms with Crippen molar-refractivity contribution >= 4 is 5.91 Å². The van der Waals surface area contributed by atoms with Gasteiger partial charge < -0.3 is 15.2 Å². The van der Waals surface area contributed by atoms with Gasteiger partial charge in [-0.25, -0.2) is 0 Å². The maximum Gasteiger partial charge on any atom is 0.251 e. The lowest BCUT2D eigenvalue weighted by Gasteiger charge is -2.09. The Morgan fingerprint density at radius 3 is 2.83 bits per heavy atom. The van der Waals surface area contributed by atoms with Gasteiger partial charge in [0.05, 0.1) is 13.2 Å². The summed E-state index contributed by atoms with van der Waals surface area (Å²) < 4.78 is 5.11. The molecule has 0 radical (unpaired) electrons. The van der Waals surface area contributed by atoms with E-state index >= 15 is 0 Å². The number of ether oxygens (including phenoxy) is 1. The topological polar surface area (TPSA) is 58.6 Å². The zero-order valence-corrected chi connectivity index (χ0v) is 11.0. The van der Waals surface area contributed by atoms with E-state index in [2.05, 4.69) is 5.32 Å². The maximum absolute atomic E-state index is 11.9. The van der Waals surface area contributed by atoms with E-state index in [1.807, 2.05) is 32.0 Å². The molecule has 1 amide bonds. The zero-order chi connectivity index (χ0) is 13.4. The van der Waals surface area contributed by atoms with Gasteiger partial charge >= 0.3 is 0 Å². The van der Waals surface area contributed by atoms with Gasteiger partial charge in [-0.1, -0.05) is 12.1 Å². The fraction of sp³-hybridized carbons (Fsp3) is 0.500. The summed E-state index contributed by atoms with van der Waals surface area (Å²) in [7, 11) is 0. The fourth-order valence-electron chi connectivity index (χ4n) is 1.64. The maximum atomic E-state index is 11.9. The van der Waals surface area contributed by atoms with Gasteiger partial charge in [-0.2, -0.15) is 0 Å². The molecule has 0 aliphatic carbocycles. The van der Waals surface area contributed by atoms with Crippen molar-refractivity contribution in [1.29, 1.82) is 0 Å². The minimum absolute atomic E-state index is 0.0366. The molecule has 1 aromatic rings. The number of hydrogen-bond acceptors (Lipinski definition) is 3. The Hall–Kier alpha value is -1.39. The van der Waals surface area contributed by atoms with E-state index < -0.39 is 0 Å². The minimum Gasteiger partial charge on any atom is -0.394 e. The Labute approximate surface area is 108 Å². The second-order valence-corrected chi connectivity index (χ2v) is 4.19. The summed E-state index contributed by atoms with van der Waals surface area (Å²) in [4.78, 5) is 11.9. The Morgan fingerprint density at radius 1 is 1.33 bits per heavy atom. The molecule has 0 bridgehead atoms. The molecule has 0 aliphatic rings. The van der Waals surface area contributed by atoms with Gasteiger partial charge in [0.15, 0.2) is 0 Å². The van der Waals surface area contributed by atoms with Crippen molar-refractivity contribution in [3.8, 4) is 0 Å². The highest BCUT2D eigenvalue weighted by Gasteiger charge is 2.08. The highest BCUT2D eigenvalue weighted by molar-refractivity contribution is 5.95. The third-order valence-electron chi connectivity index (χ3n) is 2.84. The van der Waals surface area contributed by atoms with Crippen molar-refractivity contribution in [2.75, 3.05) is 26.4 Å². The molecule has 0 fully saturated rings. The number of aryl methyl sites for hydroxylation is 1. The van der Waals surface area contributed by atoms with Gasteiger partial charge in [-0.15, -0.1) is 0 Å². The first-order valence-corrected chi connectivity index (χ1v) is 6.20. The van der Waals surface area contributed by atoms with E-state index in [1.54, 1.807) is 0 Å². The molecular weight excluding hydrogens is 230 g/mol. The molecule has 1 rings (SSSR count). The molecule has 4 nitrogen and oxygen atoms in total. The van der Waals surface area contributed by atoms with Crippen LogP contribution in [0.5, 0.6) is 0 Å². The number of carbonyl (C=O) groups excluding carboxylic acids is 1. The van der Waals surface area contributed by atoms with Crippen molar-refractivity contribution in [2.24, 2.45) is 0 Å². The van der Waals surface area contributed by atoms with E-state index in [4.69, 9.17) is 9.84 Å². The van der Waals surface area contributed by atoms with Gasteiger partial charge in [0.25, 0.3) is 5.91 Å². The normalized spacial score (nSPS) is 10.4. The Kier molecular flexibility index (Phi) is 6.39. The Bertz CT molecular complexity index is 391. The van der Waals surface area contributed by atoms with Gasteiger partial charge in [0.2, 0.25) is 0 Å². The largest absolute Gasteiger partial charge is 0.394 e. The Balaban J connectivity index is 2.35. The number of hydrogen-bond donors (Lipinski definition) is 2. The predicted octanol–water partition coefficient (Wildman–Crippen LogP) is 1.43. The molecule has 0 atom stereocenters. The summed E-state index contributed by atoms with van der Waals surface area (Å²) in [6, 6.07) is 5.72. The minimum atomic E-state index is -0.0432. The summed E-state index contributed by atoms with van der Waals surface area (Å²) in [6.07, 6.45) is 0.747. The van der Waals surface area contributed by atoms with Crippen LogP contribution in [0.1, 0.15) is 27.9 Å². The molecule has 0 unspecified atom stereocenters. The number of amides is 1. The fourth-order valence-corrected chi connectivity index (χ4v) is 1.64. The smallest absolute Gasteiger partial charge is 0.251 e. The van der Waals surface area contributed by atoms with Crippen LogP contribution in [0.3, 0.4) is 0 Å². The molecule has 0 saturated heterocycles. The standard InChI is InChI=1S/C14H21NO3/c1-11-5-3-6-13(12(11)2)14(17)15-7-4-9-18-10-8-16/h3,5-6,16H,4,7-10H2,1-2H3,(H,15,17). The average Bonchev–Trinajstić information content (AvgIpc) is 2.36. The third-order valence-corrected chi connectivity index (χ3v) is 2.84. The summed E-state index contributed by atoms with van der Waals surface area (Å²) in [5.41, 5.74) is 2.87. The van der Waals surface area contributed by atoms with Crippen molar-refractivity contribution in [1.82, 2.24) is 5.32 Å². The molecule has 0 aliphatic heterocycles. The van der Waals surface area contributed by atoms with Gasteiger partial charge in [-0.3, -0.25) is 4.79 Å². The quantitative estimate of drug-likeness (QED) is 0.721. The number of nitrogens with one attached hydrogen (secondary N) is 1. The van der Waals surface area contributed by atoms with Crippen molar-refractivity contribution in [3.63, 3.8) is 0 Å². The van der Waals surface area contributed by atoms with Crippen LogP contribution in [-0.4, -0.2) is 37.4 Å². The first-order chi connectivity index (χ1) is 8.66. The van der Waals surface area contributed by atoms with Crippen LogP contribution in [0.25, 0.3) is 0 Å². The van der Waals surface area contributed by atoms with Gasteiger partial charge in [-0.05, 0) is 37.5 Å². The molecule has 0 saturated carbocycles. The Morgan fingerprint density at radius 2 is 2.11 bits per heavy atom. The molecule has 0 aromatic heterocycles. The highest BCUT2D eigenvalue weighted by Crippen LogP contribution is 2.12. The van der Waals surface area contributed by atoms with Crippen LogP contribution in [0.2, 0.25) is 0 Å². The lowest BCUT2D eigenvalue weighted by molar-refractivity contribution is 0.0867. The number of carbonyl (C=O) groups is 1. The second kappa shape index (κ2) is 7.84. The SMILES string of the molecule is Cc1cccc(C(=O)NCCCOCCO)c1C. The monoisotopic (exact) mass is 251 g/mol. The third kappa shape index (κ3) is 4.47. The first-order valence-electron chi connectivity index (χ1n) is 6.20. The number of aliphatic hydroxyl groups excluding tert-OH is 1. The summed E-state index contributed by atoms with van der Waals surface area (Å²) in [6.45, 7) is 5.47. The number of rotatable bonds is 7. The first kappa shape index (κ1) is 14.7. The van der Waals surface area contributed by atoms with Crippen LogP contribution in [0.4, 0.5) is 0 Å². The molecule has 1 aromatic carbocycles. The van der Waals surface area contributed by atoms with E-state index in [0.717, 1.165) is 23.1 Å². The molecule has 18 heavy (non-hydrogen) atoms. The van der Waals surface area contributed by atoms with Crippen molar-refractivity contribution in [3.05, 3.63) is 34.9 Å². The van der Waals surface area contributed by atoms with Crippen LogP contribution < -0.4 is 5.32 Å². The highest BCUT2D eigenvalue weighted by atomic mass is 16.5. The molecular formula is C14H21NO3. The van der Waals surface area contributed by atoms with Crippen LogP contribution in [0.15, 0.2) is 18.2 Å². The molecule has 4 heteroatoms. The van der Waals surface area contributed by atoms with Gasteiger partial charge in [0, 0.05) is 18.7 Å². The summed E-state index contributed by atoms with van der Waals surface area (Å²) in [5, 5.41) is 11.4. The zero-order valence-electron chi connectivity index (χ0n) is 11.0. The molecule has 0 spiro atoms. The van der Waals surface area contributed by atoms with Crippen LogP contribution in [0, 0.1) is 13.8 Å². The van der Waals surface area contributed by atoms with Crippen molar-refractivity contribution < 1.29 is 14.6 Å². The van der Waals surface area contributed by atoms with E-state index in [-0.39, 0.29) is 12.5 Å². The van der Waals surface area contributed by atoms with Crippen molar-refractivity contribution in [2.45, 2.75) is 20.3 Å². The average molecular weight is 251 g/mol. The number of aliphatic hydroxyl groups is 1. The summed E-state index contributed by atoms with van der Waals surface area (Å²) in [5.74, 6) is -0.0432. The second-order valence-electron chi connectivity index (χ2n) is 4.19. The van der Waals surface area contributed by atoms with Crippen LogP contribution in [-0.2, 0) is 4.74 Å². The summed E-state index contributed by atoms with van der Waals surface area (Å²) >= 11 is 0. The van der Waals surface area contributed by atoms with E-state index in [1.165, 1.54) is 0 Å². The lowest BCUT2D eigenvalue weighted by atomic mass is 10.0. The molecule has 2 N–H and O–H groups in total. The number of benzene rings is 1.